The van der Waals surface area contributed by atoms with Crippen molar-refractivity contribution in [2.24, 2.45) is 5.92 Å². The first-order valence-corrected chi connectivity index (χ1v) is 5.69. The van der Waals surface area contributed by atoms with E-state index in [-0.39, 0.29) is 12.5 Å². The highest BCUT2D eigenvalue weighted by molar-refractivity contribution is 5.67. The van der Waals surface area contributed by atoms with Crippen molar-refractivity contribution in [2.45, 2.75) is 32.3 Å². The Balaban J connectivity index is 4.27. The molecule has 0 aliphatic rings. The Bertz CT molecular complexity index is 231. The summed E-state index contributed by atoms with van der Waals surface area (Å²) in [6.45, 7) is 2.91. The lowest BCUT2D eigenvalue weighted by molar-refractivity contribution is -0.225. The van der Waals surface area contributed by atoms with Crippen molar-refractivity contribution in [3.05, 3.63) is 0 Å². The summed E-state index contributed by atoms with van der Waals surface area (Å²) in [6, 6.07) is 0. The predicted octanol–water partition coefficient (Wildman–Crippen LogP) is -0.545. The number of aliphatic hydroxyl groups excluding tert-OH is 2. The van der Waals surface area contributed by atoms with E-state index in [1.54, 1.807) is 0 Å². The van der Waals surface area contributed by atoms with Gasteiger partial charge in [-0.25, -0.2) is 4.79 Å². The topological polar surface area (TPSA) is 105 Å². The van der Waals surface area contributed by atoms with Crippen LogP contribution in [0.25, 0.3) is 0 Å². The second kappa shape index (κ2) is 9.23. The van der Waals surface area contributed by atoms with Crippen molar-refractivity contribution in [3.63, 3.8) is 0 Å². The average molecular weight is 266 g/mol. The molecule has 0 heterocycles. The highest BCUT2D eigenvalue weighted by Crippen LogP contribution is 2.13. The van der Waals surface area contributed by atoms with E-state index >= 15 is 0 Å². The van der Waals surface area contributed by atoms with Gasteiger partial charge >= 0.3 is 5.97 Å². The van der Waals surface area contributed by atoms with Crippen LogP contribution in [-0.4, -0.2) is 66.7 Å². The Hall–Kier alpha value is -0.730. The third-order valence-electron chi connectivity index (χ3n) is 2.29. The molecule has 0 aliphatic heterocycles. The van der Waals surface area contributed by atoms with E-state index in [0.29, 0.717) is 0 Å². The maximum Gasteiger partial charge on any atom is 0.329 e. The second-order valence-corrected chi connectivity index (χ2v) is 4.18. The van der Waals surface area contributed by atoms with Crippen molar-refractivity contribution in [3.8, 4) is 0 Å². The fourth-order valence-corrected chi connectivity index (χ4v) is 1.21. The van der Waals surface area contributed by atoms with Crippen LogP contribution >= 0.6 is 0 Å². The summed E-state index contributed by atoms with van der Waals surface area (Å²) in [5, 5.41) is 26.7. The number of methoxy groups -OCH3 is 1. The SMILES string of the molecule is CO[C@@H](OC(COCC(=O)O)C(C)C)[C@@H](O)CO. The Kier molecular flexibility index (Phi) is 8.86. The predicted molar refractivity (Wildman–Crippen MR) is 62.1 cm³/mol. The lowest BCUT2D eigenvalue weighted by atomic mass is 10.1. The van der Waals surface area contributed by atoms with E-state index in [1.165, 1.54) is 7.11 Å². The molecule has 1 unspecified atom stereocenters. The minimum atomic E-state index is -1.16. The molecule has 108 valence electrons. The zero-order chi connectivity index (χ0) is 14.1. The molecule has 0 aromatic heterocycles. The van der Waals surface area contributed by atoms with Gasteiger partial charge in [-0.05, 0) is 5.92 Å². The van der Waals surface area contributed by atoms with E-state index in [2.05, 4.69) is 0 Å². The van der Waals surface area contributed by atoms with E-state index in [9.17, 15) is 9.90 Å². The van der Waals surface area contributed by atoms with Crippen LogP contribution in [-0.2, 0) is 19.0 Å². The molecule has 0 aliphatic carbocycles. The average Bonchev–Trinajstić information content (AvgIpc) is 2.31. The largest absolute Gasteiger partial charge is 0.480 e. The van der Waals surface area contributed by atoms with Crippen LogP contribution in [0.4, 0.5) is 0 Å². The molecule has 0 rings (SSSR count). The molecule has 0 fully saturated rings. The number of carboxylic acids is 1. The van der Waals surface area contributed by atoms with Gasteiger partial charge in [0.05, 0.1) is 19.3 Å². The van der Waals surface area contributed by atoms with Crippen LogP contribution in [0.5, 0.6) is 0 Å². The fraction of sp³-hybridized carbons (Fsp3) is 0.909. The first-order valence-electron chi connectivity index (χ1n) is 5.69. The van der Waals surface area contributed by atoms with Gasteiger partial charge in [-0.1, -0.05) is 13.8 Å². The lowest BCUT2D eigenvalue weighted by Gasteiger charge is -2.28. The summed E-state index contributed by atoms with van der Waals surface area (Å²) in [5.74, 6) is -1.02. The third-order valence-corrected chi connectivity index (χ3v) is 2.29. The lowest BCUT2D eigenvalue weighted by Crippen LogP contribution is -2.40. The van der Waals surface area contributed by atoms with Crippen LogP contribution < -0.4 is 0 Å². The number of carbonyl (C=O) groups is 1. The molecule has 3 N–H and O–H groups in total. The van der Waals surface area contributed by atoms with Crippen molar-refractivity contribution in [1.29, 1.82) is 0 Å². The van der Waals surface area contributed by atoms with Gasteiger partial charge < -0.3 is 29.5 Å². The number of aliphatic carboxylic acids is 1. The zero-order valence-corrected chi connectivity index (χ0v) is 10.9. The maximum atomic E-state index is 10.3. The number of rotatable bonds is 10. The Morgan fingerprint density at radius 1 is 1.33 bits per heavy atom. The Morgan fingerprint density at radius 2 is 1.94 bits per heavy atom. The maximum absolute atomic E-state index is 10.3. The minimum Gasteiger partial charge on any atom is -0.480 e. The molecule has 3 atom stereocenters. The van der Waals surface area contributed by atoms with Crippen LogP contribution in [0.15, 0.2) is 0 Å². The molecule has 7 nitrogen and oxygen atoms in total. The monoisotopic (exact) mass is 266 g/mol. The van der Waals surface area contributed by atoms with Gasteiger partial charge in [0.15, 0.2) is 6.29 Å². The van der Waals surface area contributed by atoms with Gasteiger partial charge in [-0.15, -0.1) is 0 Å². The van der Waals surface area contributed by atoms with Crippen LogP contribution in [0.2, 0.25) is 0 Å². The normalized spacial score (nSPS) is 16.6. The first kappa shape index (κ1) is 17.3. The number of hydrogen-bond acceptors (Lipinski definition) is 6. The Morgan fingerprint density at radius 3 is 2.33 bits per heavy atom. The van der Waals surface area contributed by atoms with Crippen LogP contribution in [0, 0.1) is 5.92 Å². The highest BCUT2D eigenvalue weighted by Gasteiger charge is 2.25. The summed E-state index contributed by atoms with van der Waals surface area (Å²) in [5.41, 5.74) is 0. The molecule has 0 aromatic rings. The molecular weight excluding hydrogens is 244 g/mol. The standard InChI is InChI=1S/C11H22O7/c1-7(2)9(5-17-6-10(14)15)18-11(16-3)8(13)4-12/h7-9,11-13H,4-6H2,1-3H3,(H,14,15)/t8-,9?,11-/m0/s1. The molecular formula is C11H22O7. The molecule has 0 aromatic carbocycles. The van der Waals surface area contributed by atoms with Gasteiger partial charge in [-0.3, -0.25) is 0 Å². The van der Waals surface area contributed by atoms with Crippen molar-refractivity contribution >= 4 is 5.97 Å². The number of aliphatic hydroxyl groups is 2. The number of ether oxygens (including phenoxy) is 3. The summed E-state index contributed by atoms with van der Waals surface area (Å²) in [6.07, 6.45) is -2.57. The third kappa shape index (κ3) is 6.87. The highest BCUT2D eigenvalue weighted by atomic mass is 16.7. The molecule has 0 radical (unpaired) electrons. The van der Waals surface area contributed by atoms with Crippen molar-refractivity contribution in [1.82, 2.24) is 0 Å². The Labute approximate surface area is 106 Å². The molecule has 0 bridgehead atoms. The molecule has 18 heavy (non-hydrogen) atoms. The van der Waals surface area contributed by atoms with E-state index in [1.807, 2.05) is 13.8 Å². The van der Waals surface area contributed by atoms with E-state index in [4.69, 9.17) is 24.4 Å². The van der Waals surface area contributed by atoms with E-state index < -0.39 is 37.7 Å². The molecule has 0 spiro atoms. The fourth-order valence-electron chi connectivity index (χ4n) is 1.21. The second-order valence-electron chi connectivity index (χ2n) is 4.18. The summed E-state index contributed by atoms with van der Waals surface area (Å²) in [7, 11) is 1.35. The molecule has 7 heteroatoms. The van der Waals surface area contributed by atoms with Crippen LogP contribution in [0.1, 0.15) is 13.8 Å². The molecule has 0 amide bonds. The van der Waals surface area contributed by atoms with E-state index in [0.717, 1.165) is 0 Å². The van der Waals surface area contributed by atoms with Crippen molar-refractivity contribution < 1.29 is 34.3 Å². The zero-order valence-electron chi connectivity index (χ0n) is 10.9. The van der Waals surface area contributed by atoms with Gasteiger partial charge in [0.1, 0.15) is 12.7 Å². The number of carboxylic acid groups (broad SMARTS) is 1. The van der Waals surface area contributed by atoms with Crippen LogP contribution in [0.3, 0.4) is 0 Å². The minimum absolute atomic E-state index is 0.0438. The quantitative estimate of drug-likeness (QED) is 0.456. The summed E-state index contributed by atoms with van der Waals surface area (Å²) in [4.78, 5) is 10.3. The van der Waals surface area contributed by atoms with Crippen molar-refractivity contribution in [2.75, 3.05) is 26.9 Å². The summed E-state index contributed by atoms with van der Waals surface area (Å²) < 4.78 is 15.3. The smallest absolute Gasteiger partial charge is 0.329 e. The van der Waals surface area contributed by atoms with Gasteiger partial charge in [0.25, 0.3) is 0 Å². The summed E-state index contributed by atoms with van der Waals surface area (Å²) >= 11 is 0. The molecule has 0 saturated heterocycles. The van der Waals surface area contributed by atoms with Gasteiger partial charge in [0, 0.05) is 7.11 Å². The van der Waals surface area contributed by atoms with Gasteiger partial charge in [-0.2, -0.15) is 0 Å². The molecule has 0 saturated carbocycles. The first-order chi connectivity index (χ1) is 8.42. The number of hydrogen-bond donors (Lipinski definition) is 3. The van der Waals surface area contributed by atoms with Gasteiger partial charge in [0.2, 0.25) is 0 Å².